The number of methoxy groups -OCH3 is 2. The van der Waals surface area contributed by atoms with Crippen LogP contribution in [0.2, 0.25) is 0 Å². The minimum Gasteiger partial charge on any atom is -0.496 e. The Hall–Kier alpha value is -3.59. The van der Waals surface area contributed by atoms with Crippen molar-refractivity contribution in [3.8, 4) is 17.6 Å². The molecule has 1 aliphatic heterocycles. The van der Waals surface area contributed by atoms with E-state index in [0.717, 1.165) is 22.4 Å². The first-order valence-electron chi connectivity index (χ1n) is 8.56. The van der Waals surface area contributed by atoms with Crippen LogP contribution in [0.1, 0.15) is 22.6 Å². The number of aromatic nitrogens is 2. The number of aliphatic imine (C=N–C) groups is 1. The van der Waals surface area contributed by atoms with Gasteiger partial charge in [-0.25, -0.2) is 4.99 Å². The quantitative estimate of drug-likeness (QED) is 0.768. The molecule has 2 unspecified atom stereocenters. The molecule has 0 saturated carbocycles. The Morgan fingerprint density at radius 3 is 2.41 bits per heavy atom. The third kappa shape index (κ3) is 2.74. The summed E-state index contributed by atoms with van der Waals surface area (Å²) < 4.78 is 11.1. The molecule has 4 rings (SSSR count). The molecular formula is C21H18N4O2. The SMILES string of the molecule is COc1ccccc1C1=Nc2[nH]ncc2C(c2ccccc2OC)C1C#N. The molecular weight excluding hydrogens is 340 g/mol. The Morgan fingerprint density at radius 1 is 0.963 bits per heavy atom. The Labute approximate surface area is 157 Å². The standard InChI is InChI=1S/C21H18N4O2/c1-26-17-9-5-3-7-13(17)19-15(11-22)20(24-21-16(19)12-23-25-21)14-8-4-6-10-18(14)27-2/h3-10,12,15,19H,1-2H3,(H,23,25). The highest BCUT2D eigenvalue weighted by atomic mass is 16.5. The number of H-pyrrole nitrogens is 1. The van der Waals surface area contributed by atoms with E-state index in [0.29, 0.717) is 17.3 Å². The first-order valence-corrected chi connectivity index (χ1v) is 8.56. The van der Waals surface area contributed by atoms with Crippen LogP contribution in [0.25, 0.3) is 0 Å². The zero-order valence-electron chi connectivity index (χ0n) is 15.0. The molecule has 0 aliphatic carbocycles. The summed E-state index contributed by atoms with van der Waals surface area (Å²) in [6, 6.07) is 17.8. The lowest BCUT2D eigenvalue weighted by Crippen LogP contribution is -2.26. The van der Waals surface area contributed by atoms with E-state index in [2.05, 4.69) is 16.3 Å². The van der Waals surface area contributed by atoms with Crippen LogP contribution in [0.3, 0.4) is 0 Å². The van der Waals surface area contributed by atoms with Gasteiger partial charge in [0.25, 0.3) is 0 Å². The second-order valence-corrected chi connectivity index (χ2v) is 6.20. The molecule has 0 amide bonds. The van der Waals surface area contributed by atoms with E-state index in [1.807, 2.05) is 48.5 Å². The lowest BCUT2D eigenvalue weighted by atomic mass is 9.76. The van der Waals surface area contributed by atoms with E-state index in [4.69, 9.17) is 14.5 Å². The molecule has 2 atom stereocenters. The summed E-state index contributed by atoms with van der Waals surface area (Å²) in [5.41, 5.74) is 3.26. The van der Waals surface area contributed by atoms with Crippen molar-refractivity contribution in [1.29, 1.82) is 5.26 Å². The average molecular weight is 358 g/mol. The summed E-state index contributed by atoms with van der Waals surface area (Å²) in [5.74, 6) is 1.30. The van der Waals surface area contributed by atoms with Gasteiger partial charge < -0.3 is 9.47 Å². The number of para-hydroxylation sites is 2. The lowest BCUT2D eigenvalue weighted by molar-refractivity contribution is 0.406. The van der Waals surface area contributed by atoms with Gasteiger partial charge in [0.15, 0.2) is 5.82 Å². The van der Waals surface area contributed by atoms with Crippen molar-refractivity contribution in [2.45, 2.75) is 5.92 Å². The predicted molar refractivity (Wildman–Crippen MR) is 102 cm³/mol. The van der Waals surface area contributed by atoms with Crippen molar-refractivity contribution in [1.82, 2.24) is 10.2 Å². The number of nitriles is 1. The monoisotopic (exact) mass is 358 g/mol. The Balaban J connectivity index is 1.95. The van der Waals surface area contributed by atoms with Crippen LogP contribution in [-0.4, -0.2) is 30.1 Å². The van der Waals surface area contributed by atoms with Crippen LogP contribution in [0, 0.1) is 17.2 Å². The molecule has 2 heterocycles. The summed E-state index contributed by atoms with van der Waals surface area (Å²) in [7, 11) is 3.25. The van der Waals surface area contributed by atoms with Gasteiger partial charge >= 0.3 is 0 Å². The van der Waals surface area contributed by atoms with Crippen molar-refractivity contribution >= 4 is 11.5 Å². The van der Waals surface area contributed by atoms with E-state index in [-0.39, 0.29) is 5.92 Å². The first-order chi connectivity index (χ1) is 13.3. The molecule has 1 aliphatic rings. The molecule has 1 N–H and O–H groups in total. The maximum absolute atomic E-state index is 10.1. The van der Waals surface area contributed by atoms with E-state index < -0.39 is 5.92 Å². The topological polar surface area (TPSA) is 83.3 Å². The summed E-state index contributed by atoms with van der Waals surface area (Å²) >= 11 is 0. The number of aromatic amines is 1. The van der Waals surface area contributed by atoms with Crippen LogP contribution in [0.15, 0.2) is 59.7 Å². The Kier molecular flexibility index (Phi) is 4.35. The van der Waals surface area contributed by atoms with Gasteiger partial charge in [-0.15, -0.1) is 0 Å². The van der Waals surface area contributed by atoms with Crippen molar-refractivity contribution in [2.24, 2.45) is 10.9 Å². The van der Waals surface area contributed by atoms with Gasteiger partial charge in [-0.3, -0.25) is 5.10 Å². The molecule has 0 spiro atoms. The van der Waals surface area contributed by atoms with Gasteiger partial charge in [-0.2, -0.15) is 10.4 Å². The minimum absolute atomic E-state index is 0.252. The minimum atomic E-state index is -0.511. The van der Waals surface area contributed by atoms with Gasteiger partial charge in [-0.1, -0.05) is 30.3 Å². The van der Waals surface area contributed by atoms with Crippen LogP contribution in [-0.2, 0) is 0 Å². The van der Waals surface area contributed by atoms with E-state index in [9.17, 15) is 5.26 Å². The van der Waals surface area contributed by atoms with Gasteiger partial charge in [0, 0.05) is 22.6 Å². The van der Waals surface area contributed by atoms with Crippen LogP contribution >= 0.6 is 0 Å². The smallest absolute Gasteiger partial charge is 0.152 e. The van der Waals surface area contributed by atoms with Crippen molar-refractivity contribution < 1.29 is 9.47 Å². The molecule has 0 radical (unpaired) electrons. The molecule has 27 heavy (non-hydrogen) atoms. The van der Waals surface area contributed by atoms with Gasteiger partial charge in [-0.05, 0) is 18.2 Å². The zero-order chi connectivity index (χ0) is 18.8. The Bertz CT molecular complexity index is 1050. The third-order valence-electron chi connectivity index (χ3n) is 4.84. The van der Waals surface area contributed by atoms with Gasteiger partial charge in [0.05, 0.1) is 32.2 Å². The van der Waals surface area contributed by atoms with Crippen molar-refractivity contribution in [2.75, 3.05) is 14.2 Å². The van der Waals surface area contributed by atoms with Crippen molar-refractivity contribution in [3.63, 3.8) is 0 Å². The molecule has 1 aromatic heterocycles. The largest absolute Gasteiger partial charge is 0.496 e. The van der Waals surface area contributed by atoms with Crippen LogP contribution in [0.5, 0.6) is 11.5 Å². The molecule has 6 heteroatoms. The molecule has 6 nitrogen and oxygen atoms in total. The molecule has 0 fully saturated rings. The second kappa shape index (κ2) is 6.96. The Morgan fingerprint density at radius 2 is 1.67 bits per heavy atom. The van der Waals surface area contributed by atoms with Gasteiger partial charge in [0.2, 0.25) is 0 Å². The number of hydrogen-bond donors (Lipinski definition) is 1. The van der Waals surface area contributed by atoms with E-state index in [1.165, 1.54) is 0 Å². The predicted octanol–water partition coefficient (Wildman–Crippen LogP) is 3.83. The highest BCUT2D eigenvalue weighted by molar-refractivity contribution is 6.08. The molecule has 0 saturated heterocycles. The summed E-state index contributed by atoms with van der Waals surface area (Å²) in [4.78, 5) is 4.72. The highest BCUT2D eigenvalue weighted by Gasteiger charge is 2.38. The van der Waals surface area contributed by atoms with Gasteiger partial charge in [0.1, 0.15) is 17.4 Å². The molecule has 3 aromatic rings. The summed E-state index contributed by atoms with van der Waals surface area (Å²) in [5, 5.41) is 17.2. The molecule has 0 bridgehead atoms. The van der Waals surface area contributed by atoms with Crippen LogP contribution < -0.4 is 9.47 Å². The van der Waals surface area contributed by atoms with Crippen LogP contribution in [0.4, 0.5) is 5.82 Å². The molecule has 2 aromatic carbocycles. The fourth-order valence-corrected chi connectivity index (χ4v) is 3.62. The summed E-state index contributed by atoms with van der Waals surface area (Å²) in [6.45, 7) is 0. The first kappa shape index (κ1) is 16.9. The number of nitrogens with one attached hydrogen (secondary N) is 1. The maximum atomic E-state index is 10.1. The van der Waals surface area contributed by atoms with E-state index in [1.54, 1.807) is 20.4 Å². The number of nitrogens with zero attached hydrogens (tertiary/aromatic N) is 3. The second-order valence-electron chi connectivity index (χ2n) is 6.20. The number of ether oxygens (including phenoxy) is 2. The number of fused-ring (bicyclic) bond motifs is 1. The third-order valence-corrected chi connectivity index (χ3v) is 4.84. The number of benzene rings is 2. The van der Waals surface area contributed by atoms with Crippen molar-refractivity contribution in [3.05, 3.63) is 71.4 Å². The lowest BCUT2D eigenvalue weighted by Gasteiger charge is -2.29. The normalized spacial score (nSPS) is 18.2. The fraction of sp³-hybridized carbons (Fsp3) is 0.190. The van der Waals surface area contributed by atoms with E-state index >= 15 is 0 Å². The average Bonchev–Trinajstić information content (AvgIpc) is 3.20. The fourth-order valence-electron chi connectivity index (χ4n) is 3.62. The summed E-state index contributed by atoms with van der Waals surface area (Å²) in [6.07, 6.45) is 1.74. The number of rotatable bonds is 4. The highest BCUT2D eigenvalue weighted by Crippen LogP contribution is 2.45. The zero-order valence-corrected chi connectivity index (χ0v) is 15.0. The molecule has 134 valence electrons. The number of hydrogen-bond acceptors (Lipinski definition) is 5. The maximum Gasteiger partial charge on any atom is 0.152 e.